The van der Waals surface area contributed by atoms with E-state index >= 15 is 0 Å². The lowest BCUT2D eigenvalue weighted by molar-refractivity contribution is -0.115. The van der Waals surface area contributed by atoms with E-state index in [0.29, 0.717) is 27.8 Å². The Morgan fingerprint density at radius 3 is 2.61 bits per heavy atom. The predicted octanol–water partition coefficient (Wildman–Crippen LogP) is 3.94. The number of hydrogen-bond acceptors (Lipinski definition) is 5. The van der Waals surface area contributed by atoms with Crippen molar-refractivity contribution in [1.29, 1.82) is 0 Å². The normalized spacial score (nSPS) is 11.9. The van der Waals surface area contributed by atoms with Crippen molar-refractivity contribution in [3.05, 3.63) is 59.9 Å². The average molecular weight is 398 g/mol. The van der Waals surface area contributed by atoms with E-state index in [9.17, 15) is 14.0 Å². The molecule has 1 aromatic heterocycles. The Bertz CT molecular complexity index is 1030. The Morgan fingerprint density at radius 2 is 1.89 bits per heavy atom. The summed E-state index contributed by atoms with van der Waals surface area (Å²) in [5.74, 6) is -0.299. The number of thioether (sulfide) groups is 1. The molecule has 3 aromatic rings. The van der Waals surface area contributed by atoms with Crippen LogP contribution in [0, 0.1) is 5.82 Å². The fraction of sp³-hybridized carbons (Fsp3) is 0.200. The molecule has 1 atom stereocenters. The third kappa shape index (κ3) is 4.28. The molecule has 0 fully saturated rings. The summed E-state index contributed by atoms with van der Waals surface area (Å²) in [6.45, 7) is 3.22. The maximum Gasteiger partial charge on any atom is 0.237 e. The van der Waals surface area contributed by atoms with Gasteiger partial charge in [0.05, 0.1) is 10.8 Å². The molecule has 28 heavy (non-hydrogen) atoms. The SMILES string of the molecule is CC(=O)c1cccc(NC(=O)C(C)Sc2nnc(-c3ccccc3F)n2C)c1. The lowest BCUT2D eigenvalue weighted by Crippen LogP contribution is -2.23. The standard InChI is InChI=1S/C20H19FN4O2S/c1-12(26)14-7-6-8-15(11-14)22-19(27)13(2)28-20-24-23-18(25(20)3)16-9-4-5-10-17(16)21/h4-11,13H,1-3H3,(H,22,27). The third-order valence-electron chi connectivity index (χ3n) is 4.14. The largest absolute Gasteiger partial charge is 0.325 e. The van der Waals surface area contributed by atoms with Crippen molar-refractivity contribution in [3.63, 3.8) is 0 Å². The molecule has 2 aromatic carbocycles. The van der Waals surface area contributed by atoms with E-state index in [1.165, 1.54) is 24.8 Å². The van der Waals surface area contributed by atoms with Gasteiger partial charge in [-0.1, -0.05) is 36.0 Å². The number of carbonyl (C=O) groups excluding carboxylic acids is 2. The van der Waals surface area contributed by atoms with Gasteiger partial charge in [0, 0.05) is 18.3 Å². The van der Waals surface area contributed by atoms with Crippen LogP contribution in [0.15, 0.2) is 53.7 Å². The van der Waals surface area contributed by atoms with Crippen molar-refractivity contribution in [2.75, 3.05) is 5.32 Å². The summed E-state index contributed by atoms with van der Waals surface area (Å²) in [6, 6.07) is 13.1. The van der Waals surface area contributed by atoms with Gasteiger partial charge in [0.25, 0.3) is 0 Å². The van der Waals surface area contributed by atoms with Crippen LogP contribution in [0.5, 0.6) is 0 Å². The minimum Gasteiger partial charge on any atom is -0.325 e. The molecule has 0 aliphatic carbocycles. The van der Waals surface area contributed by atoms with E-state index in [-0.39, 0.29) is 17.5 Å². The summed E-state index contributed by atoms with van der Waals surface area (Å²) in [5.41, 5.74) is 1.43. The lowest BCUT2D eigenvalue weighted by Gasteiger charge is -2.12. The zero-order valence-corrected chi connectivity index (χ0v) is 16.5. The van der Waals surface area contributed by atoms with Crippen LogP contribution >= 0.6 is 11.8 Å². The van der Waals surface area contributed by atoms with Gasteiger partial charge in [0.2, 0.25) is 5.91 Å². The highest BCUT2D eigenvalue weighted by molar-refractivity contribution is 8.00. The molecule has 0 saturated carbocycles. The van der Waals surface area contributed by atoms with E-state index in [4.69, 9.17) is 0 Å². The molecule has 8 heteroatoms. The van der Waals surface area contributed by atoms with Crippen molar-refractivity contribution in [3.8, 4) is 11.4 Å². The van der Waals surface area contributed by atoms with E-state index in [0.717, 1.165) is 0 Å². The highest BCUT2D eigenvalue weighted by Crippen LogP contribution is 2.27. The fourth-order valence-electron chi connectivity index (χ4n) is 2.57. The summed E-state index contributed by atoms with van der Waals surface area (Å²) < 4.78 is 15.7. The first-order valence-electron chi connectivity index (χ1n) is 8.59. The number of rotatable bonds is 6. The number of ketones is 1. The molecule has 0 bridgehead atoms. The first kappa shape index (κ1) is 19.8. The number of aromatic nitrogens is 3. The average Bonchev–Trinajstić information content (AvgIpc) is 3.02. The molecular formula is C20H19FN4O2S. The van der Waals surface area contributed by atoms with Crippen molar-refractivity contribution in [2.24, 2.45) is 7.05 Å². The number of halogens is 1. The maximum absolute atomic E-state index is 14.0. The summed E-state index contributed by atoms with van der Waals surface area (Å²) in [4.78, 5) is 24.0. The van der Waals surface area contributed by atoms with Crippen LogP contribution in [0.4, 0.5) is 10.1 Å². The molecule has 3 rings (SSSR count). The van der Waals surface area contributed by atoms with Crippen molar-refractivity contribution >= 4 is 29.1 Å². The maximum atomic E-state index is 14.0. The highest BCUT2D eigenvalue weighted by Gasteiger charge is 2.20. The van der Waals surface area contributed by atoms with Crippen LogP contribution in [0.1, 0.15) is 24.2 Å². The Labute approximate surface area is 166 Å². The molecule has 0 aliphatic rings. The van der Waals surface area contributed by atoms with E-state index < -0.39 is 5.25 Å². The Hall–Kier alpha value is -3.00. The molecule has 144 valence electrons. The van der Waals surface area contributed by atoms with Crippen LogP contribution in [-0.4, -0.2) is 31.7 Å². The minimum absolute atomic E-state index is 0.0710. The van der Waals surface area contributed by atoms with Crippen LogP contribution in [0.3, 0.4) is 0 Å². The Morgan fingerprint density at radius 1 is 1.14 bits per heavy atom. The molecule has 0 aliphatic heterocycles. The number of benzene rings is 2. The van der Waals surface area contributed by atoms with Gasteiger partial charge in [0.1, 0.15) is 5.82 Å². The first-order chi connectivity index (χ1) is 13.4. The van der Waals surface area contributed by atoms with Crippen LogP contribution < -0.4 is 5.32 Å². The fourth-order valence-corrected chi connectivity index (χ4v) is 3.38. The number of nitrogens with zero attached hydrogens (tertiary/aromatic N) is 3. The summed E-state index contributed by atoms with van der Waals surface area (Å²) in [5, 5.41) is 11.0. The van der Waals surface area contributed by atoms with Gasteiger partial charge >= 0.3 is 0 Å². The van der Waals surface area contributed by atoms with Gasteiger partial charge in [-0.05, 0) is 38.1 Å². The van der Waals surface area contributed by atoms with Gasteiger partial charge in [0.15, 0.2) is 16.8 Å². The summed E-state index contributed by atoms with van der Waals surface area (Å²) in [6.07, 6.45) is 0. The molecule has 0 radical (unpaired) electrons. The summed E-state index contributed by atoms with van der Waals surface area (Å²) in [7, 11) is 1.73. The first-order valence-corrected chi connectivity index (χ1v) is 9.47. The van der Waals surface area contributed by atoms with Gasteiger partial charge in [-0.15, -0.1) is 10.2 Å². The third-order valence-corrected chi connectivity index (χ3v) is 5.27. The number of anilines is 1. The van der Waals surface area contributed by atoms with Gasteiger partial charge < -0.3 is 9.88 Å². The van der Waals surface area contributed by atoms with Crippen LogP contribution in [0.2, 0.25) is 0 Å². The minimum atomic E-state index is -0.475. The molecule has 1 N–H and O–H groups in total. The molecule has 6 nitrogen and oxygen atoms in total. The molecule has 0 spiro atoms. The number of carbonyl (C=O) groups is 2. The van der Waals surface area contributed by atoms with Crippen molar-refractivity contribution in [1.82, 2.24) is 14.8 Å². The van der Waals surface area contributed by atoms with E-state index in [1.54, 1.807) is 61.0 Å². The van der Waals surface area contributed by atoms with Gasteiger partial charge in [-0.25, -0.2) is 4.39 Å². The monoisotopic (exact) mass is 398 g/mol. The number of hydrogen-bond donors (Lipinski definition) is 1. The van der Waals surface area contributed by atoms with Crippen molar-refractivity contribution < 1.29 is 14.0 Å². The number of nitrogens with one attached hydrogen (secondary N) is 1. The molecule has 0 saturated heterocycles. The smallest absolute Gasteiger partial charge is 0.237 e. The molecule has 1 unspecified atom stereocenters. The van der Waals surface area contributed by atoms with Crippen LogP contribution in [-0.2, 0) is 11.8 Å². The molecule has 1 amide bonds. The predicted molar refractivity (Wildman–Crippen MR) is 107 cm³/mol. The lowest BCUT2D eigenvalue weighted by atomic mass is 10.1. The second-order valence-electron chi connectivity index (χ2n) is 6.23. The molecule has 1 heterocycles. The molecular weight excluding hydrogens is 379 g/mol. The van der Waals surface area contributed by atoms with E-state index in [2.05, 4.69) is 15.5 Å². The second-order valence-corrected chi connectivity index (χ2v) is 7.54. The van der Waals surface area contributed by atoms with Crippen LogP contribution in [0.25, 0.3) is 11.4 Å². The Kier molecular flexibility index (Phi) is 5.89. The summed E-state index contributed by atoms with van der Waals surface area (Å²) >= 11 is 1.22. The zero-order chi connectivity index (χ0) is 20.3. The van der Waals surface area contributed by atoms with Gasteiger partial charge in [-0.3, -0.25) is 9.59 Å². The number of amides is 1. The number of Topliss-reactive ketones (excluding diaryl/α,β-unsaturated/α-hetero) is 1. The van der Waals surface area contributed by atoms with Crippen molar-refractivity contribution in [2.45, 2.75) is 24.3 Å². The quantitative estimate of drug-likeness (QED) is 0.503. The van der Waals surface area contributed by atoms with E-state index in [1.807, 2.05) is 0 Å². The van der Waals surface area contributed by atoms with Gasteiger partial charge in [-0.2, -0.15) is 0 Å². The zero-order valence-electron chi connectivity index (χ0n) is 15.6. The Balaban J connectivity index is 1.72. The highest BCUT2D eigenvalue weighted by atomic mass is 32.2. The second kappa shape index (κ2) is 8.35. The topological polar surface area (TPSA) is 76.9 Å².